The molecule has 1 aromatic rings. The Morgan fingerprint density at radius 3 is 2.11 bits per heavy atom. The van der Waals surface area contributed by atoms with E-state index in [4.69, 9.17) is 0 Å². The van der Waals surface area contributed by atoms with Crippen LogP contribution in [-0.4, -0.2) is 5.91 Å². The van der Waals surface area contributed by atoms with Crippen LogP contribution in [0.3, 0.4) is 0 Å². The van der Waals surface area contributed by atoms with Crippen molar-refractivity contribution in [1.29, 1.82) is 0 Å². The SMILES string of the molecule is CC(C)c1ccc([C@H](C)NC(=O)[C@H]2C[C@@H]2C)cc1. The third-order valence-electron chi connectivity index (χ3n) is 3.91. The summed E-state index contributed by atoms with van der Waals surface area (Å²) in [7, 11) is 0. The molecule has 0 aromatic heterocycles. The summed E-state index contributed by atoms with van der Waals surface area (Å²) in [4.78, 5) is 11.9. The lowest BCUT2D eigenvalue weighted by molar-refractivity contribution is -0.123. The highest BCUT2D eigenvalue weighted by atomic mass is 16.2. The minimum absolute atomic E-state index is 0.103. The molecule has 0 aliphatic heterocycles. The van der Waals surface area contributed by atoms with Gasteiger partial charge in [-0.25, -0.2) is 0 Å². The Morgan fingerprint density at radius 1 is 1.17 bits per heavy atom. The van der Waals surface area contributed by atoms with Gasteiger partial charge >= 0.3 is 0 Å². The lowest BCUT2D eigenvalue weighted by Crippen LogP contribution is -2.28. The van der Waals surface area contributed by atoms with E-state index in [1.54, 1.807) is 0 Å². The highest BCUT2D eigenvalue weighted by molar-refractivity contribution is 5.81. The fraction of sp³-hybridized carbons (Fsp3) is 0.562. The predicted molar refractivity (Wildman–Crippen MR) is 74.4 cm³/mol. The molecule has 0 radical (unpaired) electrons. The molecule has 1 aliphatic carbocycles. The van der Waals surface area contributed by atoms with Gasteiger partial charge in [0, 0.05) is 5.92 Å². The quantitative estimate of drug-likeness (QED) is 0.862. The third kappa shape index (κ3) is 2.92. The van der Waals surface area contributed by atoms with Crippen molar-refractivity contribution in [3.05, 3.63) is 35.4 Å². The first-order valence-corrected chi connectivity index (χ1v) is 6.89. The van der Waals surface area contributed by atoms with Gasteiger partial charge in [0.15, 0.2) is 0 Å². The van der Waals surface area contributed by atoms with Gasteiger partial charge in [-0.15, -0.1) is 0 Å². The third-order valence-corrected chi connectivity index (χ3v) is 3.91. The van der Waals surface area contributed by atoms with Crippen molar-refractivity contribution >= 4 is 5.91 Å². The van der Waals surface area contributed by atoms with Crippen molar-refractivity contribution in [1.82, 2.24) is 5.32 Å². The Morgan fingerprint density at radius 2 is 1.67 bits per heavy atom. The van der Waals surface area contributed by atoms with Gasteiger partial charge in [-0.2, -0.15) is 0 Å². The average molecular weight is 245 g/mol. The predicted octanol–water partition coefficient (Wildman–Crippen LogP) is 3.64. The lowest BCUT2D eigenvalue weighted by atomic mass is 9.99. The van der Waals surface area contributed by atoms with Crippen LogP contribution in [0, 0.1) is 11.8 Å². The van der Waals surface area contributed by atoms with Gasteiger partial charge in [0.1, 0.15) is 0 Å². The minimum atomic E-state index is 0.103. The molecule has 3 atom stereocenters. The van der Waals surface area contributed by atoms with Crippen LogP contribution < -0.4 is 5.32 Å². The van der Waals surface area contributed by atoms with Crippen LogP contribution in [-0.2, 0) is 4.79 Å². The molecule has 1 N–H and O–H groups in total. The Hall–Kier alpha value is -1.31. The van der Waals surface area contributed by atoms with E-state index < -0.39 is 0 Å². The molecule has 1 amide bonds. The number of benzene rings is 1. The van der Waals surface area contributed by atoms with Crippen molar-refractivity contribution in [2.45, 2.75) is 46.1 Å². The highest BCUT2D eigenvalue weighted by Gasteiger charge is 2.39. The Bertz CT molecular complexity index is 421. The number of hydrogen-bond donors (Lipinski definition) is 1. The van der Waals surface area contributed by atoms with Crippen molar-refractivity contribution in [3.63, 3.8) is 0 Å². The van der Waals surface area contributed by atoms with E-state index in [-0.39, 0.29) is 17.9 Å². The summed E-state index contributed by atoms with van der Waals surface area (Å²) in [6.45, 7) is 8.56. The zero-order valence-corrected chi connectivity index (χ0v) is 11.7. The summed E-state index contributed by atoms with van der Waals surface area (Å²) in [6, 6.07) is 8.66. The van der Waals surface area contributed by atoms with Crippen LogP contribution >= 0.6 is 0 Å². The first kappa shape index (κ1) is 13.1. The minimum Gasteiger partial charge on any atom is -0.349 e. The maximum absolute atomic E-state index is 11.9. The second-order valence-electron chi connectivity index (χ2n) is 5.87. The van der Waals surface area contributed by atoms with Crippen LogP contribution in [0.25, 0.3) is 0 Å². The van der Waals surface area contributed by atoms with Gasteiger partial charge in [0.2, 0.25) is 5.91 Å². The van der Waals surface area contributed by atoms with E-state index in [1.807, 2.05) is 0 Å². The average Bonchev–Trinajstić information content (AvgIpc) is 3.06. The molecular formula is C16H23NO. The number of carbonyl (C=O) groups excluding carboxylic acids is 1. The van der Waals surface area contributed by atoms with Crippen LogP contribution in [0.4, 0.5) is 0 Å². The molecule has 18 heavy (non-hydrogen) atoms. The molecule has 0 saturated heterocycles. The lowest BCUT2D eigenvalue weighted by Gasteiger charge is -2.15. The van der Waals surface area contributed by atoms with Crippen molar-refractivity contribution < 1.29 is 4.79 Å². The second kappa shape index (κ2) is 5.13. The monoisotopic (exact) mass is 245 g/mol. The molecule has 1 fully saturated rings. The van der Waals surface area contributed by atoms with Gasteiger partial charge in [-0.05, 0) is 36.3 Å². The van der Waals surface area contributed by atoms with Crippen LogP contribution in [0.15, 0.2) is 24.3 Å². The molecule has 2 rings (SSSR count). The van der Waals surface area contributed by atoms with E-state index >= 15 is 0 Å². The summed E-state index contributed by atoms with van der Waals surface area (Å²) < 4.78 is 0. The summed E-state index contributed by atoms with van der Waals surface area (Å²) in [5.41, 5.74) is 2.52. The van der Waals surface area contributed by atoms with Crippen molar-refractivity contribution in [2.75, 3.05) is 0 Å². The fourth-order valence-corrected chi connectivity index (χ4v) is 2.26. The molecule has 98 valence electrons. The van der Waals surface area contributed by atoms with Gasteiger partial charge in [-0.1, -0.05) is 45.0 Å². The van der Waals surface area contributed by atoms with Crippen molar-refractivity contribution in [2.24, 2.45) is 11.8 Å². The van der Waals surface area contributed by atoms with Gasteiger partial charge in [0.05, 0.1) is 6.04 Å². The van der Waals surface area contributed by atoms with Crippen molar-refractivity contribution in [3.8, 4) is 0 Å². The second-order valence-corrected chi connectivity index (χ2v) is 5.87. The molecule has 0 bridgehead atoms. The van der Waals surface area contributed by atoms with E-state index in [9.17, 15) is 4.79 Å². The number of amides is 1. The summed E-state index contributed by atoms with van der Waals surface area (Å²) >= 11 is 0. The highest BCUT2D eigenvalue weighted by Crippen LogP contribution is 2.38. The zero-order chi connectivity index (χ0) is 13.3. The standard InChI is InChI=1S/C16H23NO/c1-10(2)13-5-7-14(8-6-13)12(4)17-16(18)15-9-11(15)3/h5-8,10-12,15H,9H2,1-4H3,(H,17,18)/t11-,12-,15-/m0/s1. The number of carbonyl (C=O) groups is 1. The first-order chi connectivity index (χ1) is 8.49. The van der Waals surface area contributed by atoms with E-state index in [1.165, 1.54) is 11.1 Å². The molecule has 0 spiro atoms. The van der Waals surface area contributed by atoms with Crippen LogP contribution in [0.2, 0.25) is 0 Å². The smallest absolute Gasteiger partial charge is 0.223 e. The normalized spacial score (nSPS) is 23.8. The molecule has 2 heteroatoms. The summed E-state index contributed by atoms with van der Waals surface area (Å²) in [5.74, 6) is 1.59. The fourth-order valence-electron chi connectivity index (χ4n) is 2.26. The van der Waals surface area contributed by atoms with E-state index in [0.29, 0.717) is 11.8 Å². The molecule has 2 nitrogen and oxygen atoms in total. The van der Waals surface area contributed by atoms with E-state index in [0.717, 1.165) is 6.42 Å². The van der Waals surface area contributed by atoms with E-state index in [2.05, 4.69) is 57.3 Å². The Labute approximate surface area is 110 Å². The van der Waals surface area contributed by atoms with Crippen LogP contribution in [0.1, 0.15) is 57.2 Å². The molecule has 1 aromatic carbocycles. The number of rotatable bonds is 4. The maximum Gasteiger partial charge on any atom is 0.223 e. The van der Waals surface area contributed by atoms with Gasteiger partial charge in [0.25, 0.3) is 0 Å². The molecule has 1 aliphatic rings. The number of hydrogen-bond acceptors (Lipinski definition) is 1. The Balaban J connectivity index is 1.96. The summed E-state index contributed by atoms with van der Waals surface area (Å²) in [5, 5.41) is 3.10. The topological polar surface area (TPSA) is 29.1 Å². The molecule has 1 saturated carbocycles. The largest absolute Gasteiger partial charge is 0.349 e. The number of nitrogens with one attached hydrogen (secondary N) is 1. The molecule has 0 unspecified atom stereocenters. The summed E-state index contributed by atoms with van der Waals surface area (Å²) in [6.07, 6.45) is 1.05. The Kier molecular flexibility index (Phi) is 3.74. The van der Waals surface area contributed by atoms with Gasteiger partial charge < -0.3 is 5.32 Å². The molecular weight excluding hydrogens is 222 g/mol. The van der Waals surface area contributed by atoms with Gasteiger partial charge in [-0.3, -0.25) is 4.79 Å². The maximum atomic E-state index is 11.9. The zero-order valence-electron chi connectivity index (χ0n) is 11.7. The first-order valence-electron chi connectivity index (χ1n) is 6.89. The molecule has 0 heterocycles. The van der Waals surface area contributed by atoms with Crippen LogP contribution in [0.5, 0.6) is 0 Å².